The molecule has 0 saturated carbocycles. The number of carbonyl (C=O) groups excluding carboxylic acids is 3. The van der Waals surface area contributed by atoms with E-state index < -0.39 is 29.4 Å². The zero-order valence-corrected chi connectivity index (χ0v) is 17.7. The lowest BCUT2D eigenvalue weighted by atomic mass is 9.95. The Balaban J connectivity index is 0.00000420. The molecular formula is C19H31ClN4O5. The number of likely N-dealkylation sites (tertiary alicyclic amines) is 1. The van der Waals surface area contributed by atoms with Gasteiger partial charge >= 0.3 is 5.97 Å². The van der Waals surface area contributed by atoms with E-state index in [1.165, 1.54) is 13.8 Å². The Kier molecular flexibility index (Phi) is 9.58. The van der Waals surface area contributed by atoms with Crippen molar-refractivity contribution in [2.24, 2.45) is 11.8 Å². The van der Waals surface area contributed by atoms with Crippen LogP contribution in [-0.2, 0) is 19.2 Å². The fourth-order valence-electron chi connectivity index (χ4n) is 3.59. The van der Waals surface area contributed by atoms with Crippen LogP contribution in [0.25, 0.3) is 0 Å². The van der Waals surface area contributed by atoms with E-state index in [9.17, 15) is 24.3 Å². The van der Waals surface area contributed by atoms with Gasteiger partial charge in [-0.2, -0.15) is 0 Å². The van der Waals surface area contributed by atoms with E-state index >= 15 is 0 Å². The molecule has 0 bridgehead atoms. The summed E-state index contributed by atoms with van der Waals surface area (Å²) >= 11 is 0. The minimum Gasteiger partial charge on any atom is -0.478 e. The molecule has 2 heterocycles. The van der Waals surface area contributed by atoms with Crippen LogP contribution in [0.1, 0.15) is 39.5 Å². The molecule has 2 atom stereocenters. The molecule has 164 valence electrons. The standard InChI is InChI=1S/C19H30N4O5.ClH/c1-13(24)21-19(2,18(27)28)22-17(26)15-4-3-11-23(12-15)16(25)6-5-14-7-9-20-10-8-14;/h5-6,14-15,20H,3-4,7-12H2,1-2H3,(H,21,24)(H,22,26)(H,27,28);1H/b6-5+;/t15-,19+;/m1./s1. The summed E-state index contributed by atoms with van der Waals surface area (Å²) < 4.78 is 0. The molecular weight excluding hydrogens is 400 g/mol. The number of nitrogens with one attached hydrogen (secondary N) is 3. The Morgan fingerprint density at radius 1 is 1.14 bits per heavy atom. The second-order valence-electron chi connectivity index (χ2n) is 7.67. The van der Waals surface area contributed by atoms with Crippen LogP contribution in [0.4, 0.5) is 0 Å². The number of hydrogen-bond acceptors (Lipinski definition) is 5. The fraction of sp³-hybridized carbons (Fsp3) is 0.684. The van der Waals surface area contributed by atoms with Gasteiger partial charge in [-0.1, -0.05) is 6.08 Å². The number of halogens is 1. The predicted octanol–water partition coefficient (Wildman–Crippen LogP) is 0.256. The quantitative estimate of drug-likeness (QED) is 0.353. The minimum absolute atomic E-state index is 0. The summed E-state index contributed by atoms with van der Waals surface area (Å²) in [5.74, 6) is -2.66. The number of carboxylic acid groups (broad SMARTS) is 1. The molecule has 2 rings (SSSR count). The monoisotopic (exact) mass is 430 g/mol. The van der Waals surface area contributed by atoms with E-state index in [1.807, 2.05) is 6.08 Å². The highest BCUT2D eigenvalue weighted by Gasteiger charge is 2.38. The van der Waals surface area contributed by atoms with Crippen molar-refractivity contribution in [3.63, 3.8) is 0 Å². The zero-order chi connectivity index (χ0) is 20.7. The van der Waals surface area contributed by atoms with Crippen molar-refractivity contribution in [1.82, 2.24) is 20.9 Å². The van der Waals surface area contributed by atoms with Gasteiger partial charge in [0.25, 0.3) is 0 Å². The van der Waals surface area contributed by atoms with Gasteiger partial charge in [-0.3, -0.25) is 14.4 Å². The molecule has 0 spiro atoms. The third-order valence-electron chi connectivity index (χ3n) is 5.23. The average molecular weight is 431 g/mol. The maximum Gasteiger partial charge on any atom is 0.350 e. The Labute approximate surface area is 177 Å². The number of amides is 3. The first kappa shape index (κ1) is 24.9. The topological polar surface area (TPSA) is 128 Å². The number of carbonyl (C=O) groups is 4. The predicted molar refractivity (Wildman–Crippen MR) is 109 cm³/mol. The third kappa shape index (κ3) is 7.32. The summed E-state index contributed by atoms with van der Waals surface area (Å²) in [5.41, 5.74) is -1.88. The summed E-state index contributed by atoms with van der Waals surface area (Å²) in [7, 11) is 0. The van der Waals surface area contributed by atoms with Crippen molar-refractivity contribution in [2.45, 2.75) is 45.2 Å². The van der Waals surface area contributed by atoms with Crippen molar-refractivity contribution in [3.05, 3.63) is 12.2 Å². The van der Waals surface area contributed by atoms with Gasteiger partial charge in [-0.05, 0) is 57.7 Å². The first-order valence-corrected chi connectivity index (χ1v) is 9.73. The lowest BCUT2D eigenvalue weighted by molar-refractivity contribution is -0.151. The largest absolute Gasteiger partial charge is 0.478 e. The second kappa shape index (κ2) is 11.2. The molecule has 29 heavy (non-hydrogen) atoms. The van der Waals surface area contributed by atoms with Gasteiger partial charge in [-0.25, -0.2) is 4.79 Å². The molecule has 0 aromatic carbocycles. The lowest BCUT2D eigenvalue weighted by Gasteiger charge is -2.34. The molecule has 2 aliphatic heterocycles. The van der Waals surface area contributed by atoms with E-state index in [1.54, 1.807) is 11.0 Å². The minimum atomic E-state index is -1.88. The molecule has 0 unspecified atom stereocenters. The normalized spacial score (nSPS) is 22.3. The van der Waals surface area contributed by atoms with Crippen LogP contribution < -0.4 is 16.0 Å². The van der Waals surface area contributed by atoms with Crippen molar-refractivity contribution in [2.75, 3.05) is 26.2 Å². The summed E-state index contributed by atoms with van der Waals surface area (Å²) in [6, 6.07) is 0. The van der Waals surface area contributed by atoms with Crippen molar-refractivity contribution < 1.29 is 24.3 Å². The first-order valence-electron chi connectivity index (χ1n) is 9.73. The van der Waals surface area contributed by atoms with Crippen molar-refractivity contribution >= 4 is 36.1 Å². The summed E-state index contributed by atoms with van der Waals surface area (Å²) in [4.78, 5) is 49.5. The molecule has 9 nitrogen and oxygen atoms in total. The van der Waals surface area contributed by atoms with Gasteiger partial charge in [0.2, 0.25) is 23.4 Å². The third-order valence-corrected chi connectivity index (χ3v) is 5.23. The molecule has 0 aromatic heterocycles. The Bertz CT molecular complexity index is 651. The molecule has 3 amide bonds. The summed E-state index contributed by atoms with van der Waals surface area (Å²) in [5, 5.41) is 17.3. The number of rotatable bonds is 6. The van der Waals surface area contributed by atoms with Gasteiger partial charge in [0.05, 0.1) is 5.92 Å². The summed E-state index contributed by atoms with van der Waals surface area (Å²) in [6.45, 7) is 5.11. The Morgan fingerprint density at radius 3 is 2.38 bits per heavy atom. The smallest absolute Gasteiger partial charge is 0.350 e. The highest BCUT2D eigenvalue weighted by Crippen LogP contribution is 2.19. The molecule has 2 saturated heterocycles. The van der Waals surface area contributed by atoms with Gasteiger partial charge < -0.3 is 26.0 Å². The van der Waals surface area contributed by atoms with Crippen LogP contribution >= 0.6 is 12.4 Å². The zero-order valence-electron chi connectivity index (χ0n) is 16.9. The second-order valence-corrected chi connectivity index (χ2v) is 7.67. The van der Waals surface area contributed by atoms with Crippen molar-refractivity contribution in [3.8, 4) is 0 Å². The van der Waals surface area contributed by atoms with E-state index in [2.05, 4.69) is 16.0 Å². The number of allylic oxidation sites excluding steroid dienone is 1. The van der Waals surface area contributed by atoms with Gasteiger partial charge in [0.15, 0.2) is 0 Å². The fourth-order valence-corrected chi connectivity index (χ4v) is 3.59. The Morgan fingerprint density at radius 2 is 1.79 bits per heavy atom. The molecule has 0 aliphatic carbocycles. The van der Waals surface area contributed by atoms with Gasteiger partial charge in [0.1, 0.15) is 0 Å². The number of piperidine rings is 2. The van der Waals surface area contributed by atoms with Gasteiger partial charge in [-0.15, -0.1) is 12.4 Å². The van der Waals surface area contributed by atoms with Crippen LogP contribution in [0.5, 0.6) is 0 Å². The van der Waals surface area contributed by atoms with Crippen LogP contribution in [-0.4, -0.2) is 65.5 Å². The maximum absolute atomic E-state index is 12.6. The number of nitrogens with zero attached hydrogens (tertiary/aromatic N) is 1. The molecule has 0 aromatic rings. The van der Waals surface area contributed by atoms with E-state index in [-0.39, 0.29) is 24.9 Å². The lowest BCUT2D eigenvalue weighted by Crippen LogP contribution is -2.64. The van der Waals surface area contributed by atoms with Crippen LogP contribution in [0.15, 0.2) is 12.2 Å². The molecule has 2 aliphatic rings. The SMILES string of the molecule is CC(=O)N[C@@](C)(NC(=O)[C@@H]1CCCN(C(=O)/C=C/C2CCNCC2)C1)C(=O)O.Cl. The highest BCUT2D eigenvalue weighted by atomic mass is 35.5. The van der Waals surface area contributed by atoms with Crippen LogP contribution in [0.2, 0.25) is 0 Å². The van der Waals surface area contributed by atoms with Gasteiger partial charge in [0, 0.05) is 20.0 Å². The van der Waals surface area contributed by atoms with Crippen LogP contribution in [0.3, 0.4) is 0 Å². The number of hydrogen-bond donors (Lipinski definition) is 4. The maximum atomic E-state index is 12.6. The molecule has 4 N–H and O–H groups in total. The van der Waals surface area contributed by atoms with Crippen LogP contribution in [0, 0.1) is 11.8 Å². The molecule has 0 radical (unpaired) electrons. The molecule has 2 fully saturated rings. The Hall–Kier alpha value is -2.13. The number of carboxylic acids is 1. The first-order chi connectivity index (χ1) is 13.2. The number of aliphatic carboxylic acids is 1. The van der Waals surface area contributed by atoms with E-state index in [0.717, 1.165) is 25.9 Å². The highest BCUT2D eigenvalue weighted by molar-refractivity contribution is 5.92. The summed E-state index contributed by atoms with van der Waals surface area (Å²) in [6.07, 6.45) is 6.77. The average Bonchev–Trinajstić information content (AvgIpc) is 2.66. The molecule has 10 heteroatoms. The van der Waals surface area contributed by atoms with E-state index in [4.69, 9.17) is 0 Å². The van der Waals surface area contributed by atoms with Crippen molar-refractivity contribution in [1.29, 1.82) is 0 Å². The van der Waals surface area contributed by atoms with E-state index in [0.29, 0.717) is 25.3 Å².